The highest BCUT2D eigenvalue weighted by atomic mass is 35.5. The van der Waals surface area contributed by atoms with Crippen molar-refractivity contribution in [2.24, 2.45) is 4.99 Å². The van der Waals surface area contributed by atoms with Gasteiger partial charge in [0.1, 0.15) is 22.3 Å². The van der Waals surface area contributed by atoms with Crippen LogP contribution in [0.25, 0.3) is 181 Å². The van der Waals surface area contributed by atoms with E-state index >= 15 is 0 Å². The molecule has 1 aliphatic heterocycles. The van der Waals surface area contributed by atoms with Crippen LogP contribution < -0.4 is 0 Å². The highest BCUT2D eigenvalue weighted by Crippen LogP contribution is 2.46. The summed E-state index contributed by atoms with van der Waals surface area (Å²) in [5, 5.41) is 19.0. The standard InChI is InChI=1S/C88H52Cl2N4O2/c89-60-36-43-78(53-31-29-52(30-32-53)61-25-14-28-82-83(61)72-23-10-12-26-80(72)95-82)91-79(44-37-60)55-34-39-69-66-20-7-9-22-68(66)75-48-54(33-38-71(75)76(69)49-55)58-45-57(51-15-2-1-3-16-51)46-59(47-58)62-41-42-74(84-73-24-11-13-27-81(73)96-85(62)84)87-92-86(93-88(90)94-87)56-35-40-70-65-19-5-4-17-63(65)64-18-6-8-21-67(64)77(70)50-56/h1-36,38-42,44-50H,37,43H2/b60-36+,79-44+,91-78?. The molecule has 6 nitrogen and oxygen atoms in total. The van der Waals surface area contributed by atoms with Crippen LogP contribution in [0.4, 0.5) is 0 Å². The van der Waals surface area contributed by atoms with Gasteiger partial charge in [-0.15, -0.1) is 0 Å². The number of halogens is 2. The molecule has 18 aromatic rings. The van der Waals surface area contributed by atoms with Gasteiger partial charge in [0.2, 0.25) is 5.28 Å². The van der Waals surface area contributed by atoms with Gasteiger partial charge in [0.05, 0.1) is 11.4 Å². The Kier molecular flexibility index (Phi) is 13.1. The van der Waals surface area contributed by atoms with E-state index in [1.807, 2.05) is 36.4 Å². The summed E-state index contributed by atoms with van der Waals surface area (Å²) in [6.45, 7) is 0. The molecule has 0 spiro atoms. The lowest BCUT2D eigenvalue weighted by Gasteiger charge is -2.16. The SMILES string of the molecule is Cl/C1=C/CC(c2ccc(-c3cccc4oc5ccccc5c34)cc2)=N/C(c2ccc3c4ccccc4c4cc(-c5cc(-c6ccccc6)cc(-c6ccc(-c7nc(Cl)nc(-c8ccc9c%10ccccc%10c%10ccccc%10c9c8)n7)c7c6oc6ccccc67)c5)ccc4c3c2)=C/C1. The van der Waals surface area contributed by atoms with E-state index in [4.69, 9.17) is 52.0 Å². The second-order valence-electron chi connectivity index (χ2n) is 24.9. The van der Waals surface area contributed by atoms with E-state index in [1.165, 1.54) is 32.3 Å². The number of aromatic nitrogens is 3. The van der Waals surface area contributed by atoms with Gasteiger partial charge in [-0.05, 0) is 187 Å². The number of allylic oxidation sites excluding steroid dienone is 3. The summed E-state index contributed by atoms with van der Waals surface area (Å²) >= 11 is 13.9. The number of rotatable bonds is 8. The van der Waals surface area contributed by atoms with Crippen molar-refractivity contribution in [2.45, 2.75) is 12.8 Å². The van der Waals surface area contributed by atoms with Crippen molar-refractivity contribution in [1.29, 1.82) is 0 Å². The first-order valence-corrected chi connectivity index (χ1v) is 33.1. The Morgan fingerprint density at radius 2 is 0.750 bits per heavy atom. The van der Waals surface area contributed by atoms with Crippen LogP contribution in [-0.2, 0) is 0 Å². The van der Waals surface area contributed by atoms with Gasteiger partial charge in [-0.2, -0.15) is 9.97 Å². The fourth-order valence-corrected chi connectivity index (χ4v) is 15.2. The lowest BCUT2D eigenvalue weighted by Crippen LogP contribution is -2.02. The Morgan fingerprint density at radius 3 is 1.43 bits per heavy atom. The molecule has 3 aromatic heterocycles. The average molecular weight is 1270 g/mol. The lowest BCUT2D eigenvalue weighted by molar-refractivity contribution is 0.669. The summed E-state index contributed by atoms with van der Waals surface area (Å²) in [7, 11) is 0. The molecule has 15 aromatic carbocycles. The molecular formula is C88H52Cl2N4O2. The number of fused-ring (bicyclic) bond motifs is 18. The van der Waals surface area contributed by atoms with Gasteiger partial charge in [-0.3, -0.25) is 4.99 Å². The molecule has 4 heterocycles. The zero-order chi connectivity index (χ0) is 63.5. The average Bonchev–Trinajstić information content (AvgIpc) is 1.18. The Hall–Kier alpha value is -11.8. The van der Waals surface area contributed by atoms with E-state index in [0.29, 0.717) is 24.5 Å². The number of nitrogens with zero attached hydrogens (tertiary/aromatic N) is 4. The highest BCUT2D eigenvalue weighted by molar-refractivity contribution is 6.31. The molecule has 0 saturated carbocycles. The summed E-state index contributed by atoms with van der Waals surface area (Å²) in [6.07, 6.45) is 5.44. The fourth-order valence-electron chi connectivity index (χ4n) is 14.9. The monoisotopic (exact) mass is 1270 g/mol. The second kappa shape index (κ2) is 22.5. The molecule has 1 aliphatic rings. The summed E-state index contributed by atoms with van der Waals surface area (Å²) in [5.74, 6) is 0.938. The highest BCUT2D eigenvalue weighted by Gasteiger charge is 2.23. The van der Waals surface area contributed by atoms with Gasteiger partial charge in [-0.25, -0.2) is 4.98 Å². The summed E-state index contributed by atoms with van der Waals surface area (Å²) < 4.78 is 13.3. The first-order chi connectivity index (χ1) is 47.4. The first kappa shape index (κ1) is 55.8. The van der Waals surface area contributed by atoms with Crippen LogP contribution in [0.15, 0.2) is 310 Å². The van der Waals surface area contributed by atoms with Crippen LogP contribution in [-0.4, -0.2) is 20.7 Å². The maximum atomic E-state index is 7.02. The zero-order valence-corrected chi connectivity index (χ0v) is 53.0. The van der Waals surface area contributed by atoms with Gasteiger partial charge in [0.25, 0.3) is 0 Å². The predicted octanol–water partition coefficient (Wildman–Crippen LogP) is 25.0. The quantitative estimate of drug-likeness (QED) is 0.142. The van der Waals surface area contributed by atoms with Gasteiger partial charge in [-0.1, -0.05) is 236 Å². The van der Waals surface area contributed by atoms with Crippen molar-refractivity contribution in [3.63, 3.8) is 0 Å². The first-order valence-electron chi connectivity index (χ1n) is 32.3. The van der Waals surface area contributed by atoms with Crippen LogP contribution in [0.5, 0.6) is 0 Å². The number of aliphatic imine (C=N–C) groups is 1. The molecule has 0 bridgehead atoms. The van der Waals surface area contributed by atoms with Crippen LogP contribution in [0, 0.1) is 0 Å². The molecule has 0 amide bonds. The molecule has 0 fully saturated rings. The van der Waals surface area contributed by atoms with E-state index in [2.05, 4.69) is 255 Å². The number of para-hydroxylation sites is 2. The minimum atomic E-state index is 0.104. The van der Waals surface area contributed by atoms with E-state index in [1.54, 1.807) is 0 Å². The molecule has 0 atom stereocenters. The minimum Gasteiger partial charge on any atom is -0.456 e. The molecule has 0 N–H and O–H groups in total. The molecule has 450 valence electrons. The van der Waals surface area contributed by atoms with Gasteiger partial charge in [0.15, 0.2) is 11.6 Å². The number of hydrogen-bond donors (Lipinski definition) is 0. The topological polar surface area (TPSA) is 77.3 Å². The Labute approximate surface area is 561 Å². The molecule has 0 aliphatic carbocycles. The molecular weight excluding hydrogens is 1220 g/mol. The van der Waals surface area contributed by atoms with Crippen molar-refractivity contribution in [2.75, 3.05) is 0 Å². The van der Waals surface area contributed by atoms with Gasteiger partial charge in [0, 0.05) is 61.7 Å². The summed E-state index contributed by atoms with van der Waals surface area (Å²) in [5.41, 5.74) is 17.3. The van der Waals surface area contributed by atoms with Crippen molar-refractivity contribution < 1.29 is 8.83 Å². The van der Waals surface area contributed by atoms with E-state index in [-0.39, 0.29) is 5.28 Å². The maximum Gasteiger partial charge on any atom is 0.226 e. The summed E-state index contributed by atoms with van der Waals surface area (Å²) in [4.78, 5) is 20.4. The van der Waals surface area contributed by atoms with E-state index < -0.39 is 0 Å². The number of hydrogen-bond acceptors (Lipinski definition) is 6. The van der Waals surface area contributed by atoms with Crippen LogP contribution in [0.2, 0.25) is 5.28 Å². The van der Waals surface area contributed by atoms with Gasteiger partial charge >= 0.3 is 0 Å². The second-order valence-corrected chi connectivity index (χ2v) is 25.7. The molecule has 0 saturated heterocycles. The Morgan fingerprint density at radius 1 is 0.271 bits per heavy atom. The third-order valence-corrected chi connectivity index (χ3v) is 19.9. The lowest BCUT2D eigenvalue weighted by atomic mass is 9.89. The molecule has 8 heteroatoms. The maximum absolute atomic E-state index is 7.02. The predicted molar refractivity (Wildman–Crippen MR) is 401 cm³/mol. The molecule has 0 radical (unpaired) electrons. The van der Waals surface area contributed by atoms with Gasteiger partial charge < -0.3 is 8.83 Å². The number of benzene rings is 15. The fraction of sp³-hybridized carbons (Fsp3) is 0.0227. The van der Waals surface area contributed by atoms with Crippen LogP contribution >= 0.6 is 23.2 Å². The van der Waals surface area contributed by atoms with E-state index in [0.717, 1.165) is 159 Å². The van der Waals surface area contributed by atoms with Crippen LogP contribution in [0.3, 0.4) is 0 Å². The third kappa shape index (κ3) is 9.32. The van der Waals surface area contributed by atoms with E-state index in [9.17, 15) is 0 Å². The molecule has 0 unspecified atom stereocenters. The van der Waals surface area contributed by atoms with Crippen molar-refractivity contribution in [3.8, 4) is 67.3 Å². The van der Waals surface area contributed by atoms with Crippen molar-refractivity contribution >= 4 is 143 Å². The number of furan rings is 2. The van der Waals surface area contributed by atoms with Crippen LogP contribution in [0.1, 0.15) is 24.0 Å². The largest absolute Gasteiger partial charge is 0.456 e. The van der Waals surface area contributed by atoms with Crippen molar-refractivity contribution in [1.82, 2.24) is 15.0 Å². The minimum absolute atomic E-state index is 0.104. The Bertz CT molecular complexity index is 6380. The van der Waals surface area contributed by atoms with Crippen molar-refractivity contribution in [3.05, 3.63) is 313 Å². The molecule has 96 heavy (non-hydrogen) atoms. The zero-order valence-electron chi connectivity index (χ0n) is 51.5. The smallest absolute Gasteiger partial charge is 0.226 e. The Balaban J connectivity index is 0.721. The summed E-state index contributed by atoms with van der Waals surface area (Å²) in [6, 6.07) is 99.3. The molecule has 19 rings (SSSR count). The normalized spacial score (nSPS) is 14.1. The third-order valence-electron chi connectivity index (χ3n) is 19.4.